The van der Waals surface area contributed by atoms with Gasteiger partial charge < -0.3 is 39.6 Å². The van der Waals surface area contributed by atoms with Crippen LogP contribution in [0.4, 0.5) is 0 Å². The van der Waals surface area contributed by atoms with Crippen LogP contribution in [0.3, 0.4) is 0 Å². The molecule has 25 heavy (non-hydrogen) atoms. The van der Waals surface area contributed by atoms with Gasteiger partial charge in [-0.25, -0.2) is 0 Å². The maximum Gasteiger partial charge on any atom is 0.330 e. The van der Waals surface area contributed by atoms with Crippen LogP contribution in [0.2, 0.25) is 0 Å². The van der Waals surface area contributed by atoms with E-state index >= 15 is 0 Å². The Bertz CT molecular complexity index is 455. The normalized spacial score (nSPS) is 33.4. The highest BCUT2D eigenvalue weighted by molar-refractivity contribution is 7.53. The van der Waals surface area contributed by atoms with E-state index in [1.54, 1.807) is 13.8 Å². The van der Waals surface area contributed by atoms with Gasteiger partial charge in [0.25, 0.3) is 0 Å². The van der Waals surface area contributed by atoms with Gasteiger partial charge in [0.1, 0.15) is 18.3 Å². The second-order valence-corrected chi connectivity index (χ2v) is 9.81. The first-order valence-electron chi connectivity index (χ1n) is 8.35. The molecular formula is C15H32NO8P. The monoisotopic (exact) mass is 385 g/mol. The minimum atomic E-state index is -3.82. The van der Waals surface area contributed by atoms with E-state index in [0.717, 1.165) is 0 Å². The molecule has 1 aliphatic heterocycles. The molecule has 0 radical (unpaired) electrons. The number of nitrogens with two attached hydrogens (primary N) is 1. The quantitative estimate of drug-likeness (QED) is 0.341. The fourth-order valence-corrected chi connectivity index (χ4v) is 2.74. The molecule has 1 fully saturated rings. The Morgan fingerprint density at radius 2 is 1.80 bits per heavy atom. The smallest absolute Gasteiger partial charge is 0.330 e. The van der Waals surface area contributed by atoms with Gasteiger partial charge >= 0.3 is 7.60 Å². The van der Waals surface area contributed by atoms with Gasteiger partial charge in [-0.05, 0) is 20.8 Å². The lowest BCUT2D eigenvalue weighted by molar-refractivity contribution is -0.267. The fraction of sp³-hybridized carbons (Fsp3) is 1.00. The molecule has 0 saturated carbocycles. The van der Waals surface area contributed by atoms with Crippen LogP contribution < -0.4 is 5.73 Å². The summed E-state index contributed by atoms with van der Waals surface area (Å²) in [5, 5.41) is 20.1. The largest absolute Gasteiger partial charge is 0.388 e. The predicted molar refractivity (Wildman–Crippen MR) is 91.2 cm³/mol. The molecule has 10 heteroatoms. The summed E-state index contributed by atoms with van der Waals surface area (Å²) in [6, 6.07) is -0.966. The molecule has 0 aliphatic carbocycles. The summed E-state index contributed by atoms with van der Waals surface area (Å²) < 4.78 is 33.4. The van der Waals surface area contributed by atoms with Crippen LogP contribution in [0.25, 0.3) is 0 Å². The van der Waals surface area contributed by atoms with Crippen LogP contribution in [0.1, 0.15) is 34.6 Å². The van der Waals surface area contributed by atoms with Crippen molar-refractivity contribution in [1.29, 1.82) is 0 Å². The minimum absolute atomic E-state index is 0.177. The molecule has 0 bridgehead atoms. The van der Waals surface area contributed by atoms with Crippen molar-refractivity contribution in [2.45, 2.75) is 76.5 Å². The van der Waals surface area contributed by atoms with Gasteiger partial charge in [-0.3, -0.25) is 4.57 Å². The SMILES string of the molecule is CC(C)P(=O)(O)OCC1OC(OCCOC(C)(C)C)C(N)C(O)C1O. The third kappa shape index (κ3) is 7.21. The number of aliphatic hydroxyl groups excluding tert-OH is 2. The van der Waals surface area contributed by atoms with Crippen LogP contribution in [-0.4, -0.2) is 76.8 Å². The van der Waals surface area contributed by atoms with E-state index in [1.807, 2.05) is 20.8 Å². The number of hydrogen-bond acceptors (Lipinski definition) is 8. The van der Waals surface area contributed by atoms with Gasteiger partial charge in [0.15, 0.2) is 6.29 Å². The Labute approximate surface area is 148 Å². The van der Waals surface area contributed by atoms with Crippen molar-refractivity contribution in [2.24, 2.45) is 5.73 Å². The molecule has 0 aromatic rings. The van der Waals surface area contributed by atoms with Crippen molar-refractivity contribution in [2.75, 3.05) is 19.8 Å². The van der Waals surface area contributed by atoms with E-state index in [1.165, 1.54) is 0 Å². The summed E-state index contributed by atoms with van der Waals surface area (Å²) in [7, 11) is -3.82. The summed E-state index contributed by atoms with van der Waals surface area (Å²) in [5.41, 5.74) is 4.92. The first kappa shape index (κ1) is 23.0. The summed E-state index contributed by atoms with van der Waals surface area (Å²) >= 11 is 0. The van der Waals surface area contributed by atoms with Crippen molar-refractivity contribution in [3.63, 3.8) is 0 Å². The maximum atomic E-state index is 11.9. The third-order valence-corrected chi connectivity index (χ3v) is 5.55. The number of ether oxygens (including phenoxy) is 3. The molecule has 0 aromatic carbocycles. The lowest BCUT2D eigenvalue weighted by Gasteiger charge is -2.41. The Morgan fingerprint density at radius 1 is 1.20 bits per heavy atom. The van der Waals surface area contributed by atoms with Crippen molar-refractivity contribution in [1.82, 2.24) is 0 Å². The first-order chi connectivity index (χ1) is 11.3. The highest BCUT2D eigenvalue weighted by Crippen LogP contribution is 2.47. The third-order valence-electron chi connectivity index (χ3n) is 3.73. The summed E-state index contributed by atoms with van der Waals surface area (Å²) in [6.45, 7) is 8.93. The second-order valence-electron chi connectivity index (χ2n) is 7.39. The van der Waals surface area contributed by atoms with Crippen LogP contribution in [0, 0.1) is 0 Å². The summed E-state index contributed by atoms with van der Waals surface area (Å²) in [6.07, 6.45) is -4.70. The van der Waals surface area contributed by atoms with E-state index in [2.05, 4.69) is 0 Å². The lowest BCUT2D eigenvalue weighted by atomic mass is 9.98. The molecule has 9 nitrogen and oxygen atoms in total. The van der Waals surface area contributed by atoms with E-state index in [4.69, 9.17) is 24.5 Å². The molecular weight excluding hydrogens is 353 g/mol. The molecule has 5 N–H and O–H groups in total. The molecule has 6 unspecified atom stereocenters. The molecule has 6 atom stereocenters. The van der Waals surface area contributed by atoms with Crippen molar-refractivity contribution in [3.8, 4) is 0 Å². The predicted octanol–water partition coefficient (Wildman–Crippen LogP) is 0.203. The van der Waals surface area contributed by atoms with E-state index < -0.39 is 43.9 Å². The molecule has 1 aliphatic rings. The van der Waals surface area contributed by atoms with Gasteiger partial charge in [-0.15, -0.1) is 0 Å². The summed E-state index contributed by atoms with van der Waals surface area (Å²) in [5.74, 6) is 0. The van der Waals surface area contributed by atoms with Crippen LogP contribution in [0.5, 0.6) is 0 Å². The molecule has 1 saturated heterocycles. The zero-order valence-electron chi connectivity index (χ0n) is 15.5. The van der Waals surface area contributed by atoms with Gasteiger partial charge in [0.05, 0.1) is 37.1 Å². The Balaban J connectivity index is 2.58. The second kappa shape index (κ2) is 9.21. The van der Waals surface area contributed by atoms with Gasteiger partial charge in [0, 0.05) is 0 Å². The van der Waals surface area contributed by atoms with Crippen molar-refractivity contribution < 1.29 is 38.4 Å². The van der Waals surface area contributed by atoms with Gasteiger partial charge in [0.2, 0.25) is 0 Å². The molecule has 1 heterocycles. The molecule has 1 rings (SSSR count). The molecule has 0 aromatic heterocycles. The van der Waals surface area contributed by atoms with E-state index in [0.29, 0.717) is 6.61 Å². The zero-order chi connectivity index (χ0) is 19.4. The highest BCUT2D eigenvalue weighted by atomic mass is 31.2. The van der Waals surface area contributed by atoms with Gasteiger partial charge in [-0.2, -0.15) is 0 Å². The number of rotatable bonds is 8. The van der Waals surface area contributed by atoms with Crippen molar-refractivity contribution >= 4 is 7.60 Å². The van der Waals surface area contributed by atoms with Crippen LogP contribution in [-0.2, 0) is 23.3 Å². The molecule has 0 spiro atoms. The van der Waals surface area contributed by atoms with Crippen LogP contribution in [0.15, 0.2) is 0 Å². The number of aliphatic hydroxyl groups is 2. The number of hydrogen-bond donors (Lipinski definition) is 4. The minimum Gasteiger partial charge on any atom is -0.388 e. The summed E-state index contributed by atoms with van der Waals surface area (Å²) in [4.78, 5) is 9.70. The Kier molecular flexibility index (Phi) is 8.46. The van der Waals surface area contributed by atoms with Crippen molar-refractivity contribution in [3.05, 3.63) is 0 Å². The molecule has 150 valence electrons. The average molecular weight is 385 g/mol. The Morgan fingerprint density at radius 3 is 2.32 bits per heavy atom. The first-order valence-corrected chi connectivity index (χ1v) is 9.99. The topological polar surface area (TPSA) is 141 Å². The maximum absolute atomic E-state index is 11.9. The van der Waals surface area contributed by atoms with E-state index in [-0.39, 0.29) is 18.8 Å². The average Bonchev–Trinajstić information content (AvgIpc) is 2.49. The zero-order valence-corrected chi connectivity index (χ0v) is 16.4. The van der Waals surface area contributed by atoms with E-state index in [9.17, 15) is 19.7 Å². The van der Waals surface area contributed by atoms with Gasteiger partial charge in [-0.1, -0.05) is 13.8 Å². The fourth-order valence-electron chi connectivity index (χ4n) is 2.08. The lowest BCUT2D eigenvalue weighted by Crippen LogP contribution is -2.62. The van der Waals surface area contributed by atoms with Crippen LogP contribution >= 0.6 is 7.60 Å². The Hall–Kier alpha value is -0.0900. The molecule has 0 amide bonds. The standard InChI is InChI=1S/C15H32NO8P/c1-9(2)25(19,20)23-8-10-12(17)13(18)11(16)14(24-10)21-6-7-22-15(3,4)5/h9-14,17-18H,6-8,16H2,1-5H3,(H,19,20). The highest BCUT2D eigenvalue weighted by Gasteiger charge is 2.44.